The molecule has 0 radical (unpaired) electrons. The molecule has 0 aliphatic carbocycles. The van der Waals surface area contributed by atoms with E-state index in [1.54, 1.807) is 6.08 Å². The van der Waals surface area contributed by atoms with Crippen LogP contribution in [0.3, 0.4) is 0 Å². The number of hydrogen-bond acceptors (Lipinski definition) is 6. The minimum atomic E-state index is -0.815. The SMILES string of the molecule is CC/C=C\C/C=C\C/C=C\C/C=C\C/C=C\CC(=O)OCC(COC(=O)CCCCCCCCCCC)OC(=O)CCCCCCC/C=C\CCCCCCCC. The fourth-order valence-electron chi connectivity index (χ4n) is 6.21. The lowest BCUT2D eigenvalue weighted by molar-refractivity contribution is -0.166. The van der Waals surface area contributed by atoms with Crippen LogP contribution in [0.2, 0.25) is 0 Å². The van der Waals surface area contributed by atoms with Crippen LogP contribution in [-0.4, -0.2) is 37.2 Å². The number of allylic oxidation sites excluding steroid dienone is 11. The summed E-state index contributed by atoms with van der Waals surface area (Å²) in [6, 6.07) is 0. The quantitative estimate of drug-likeness (QED) is 0.0265. The average Bonchev–Trinajstić information content (AvgIpc) is 3.21. The Bertz CT molecular complexity index is 1100. The highest BCUT2D eigenvalue weighted by Crippen LogP contribution is 2.13. The van der Waals surface area contributed by atoms with Crippen molar-refractivity contribution in [3.63, 3.8) is 0 Å². The first kappa shape index (κ1) is 53.9. The van der Waals surface area contributed by atoms with Crippen molar-refractivity contribution < 1.29 is 28.6 Å². The molecule has 6 heteroatoms. The van der Waals surface area contributed by atoms with Crippen molar-refractivity contribution in [2.45, 2.75) is 219 Å². The fraction of sp³-hybridized carbons (Fsp3) is 0.706. The summed E-state index contributed by atoms with van der Waals surface area (Å²) in [6.45, 7) is 6.39. The largest absolute Gasteiger partial charge is 0.462 e. The summed E-state index contributed by atoms with van der Waals surface area (Å²) in [5.41, 5.74) is 0. The topological polar surface area (TPSA) is 78.9 Å². The fourth-order valence-corrected chi connectivity index (χ4v) is 6.21. The minimum absolute atomic E-state index is 0.108. The van der Waals surface area contributed by atoms with E-state index in [1.165, 1.54) is 89.9 Å². The molecule has 0 fully saturated rings. The normalized spacial score (nSPS) is 12.7. The Morgan fingerprint density at radius 2 is 0.754 bits per heavy atom. The molecule has 0 rings (SSSR count). The van der Waals surface area contributed by atoms with E-state index >= 15 is 0 Å². The molecule has 326 valence electrons. The molecule has 1 unspecified atom stereocenters. The lowest BCUT2D eigenvalue weighted by Gasteiger charge is -2.18. The van der Waals surface area contributed by atoms with Crippen molar-refractivity contribution in [3.8, 4) is 0 Å². The molecule has 0 saturated heterocycles. The number of carbonyl (C=O) groups excluding carboxylic acids is 3. The Kier molecular flexibility index (Phi) is 43.0. The van der Waals surface area contributed by atoms with Gasteiger partial charge in [0.05, 0.1) is 6.42 Å². The molecule has 0 aliphatic heterocycles. The molecule has 0 bridgehead atoms. The Hall–Kier alpha value is -3.15. The van der Waals surface area contributed by atoms with Crippen molar-refractivity contribution in [3.05, 3.63) is 72.9 Å². The van der Waals surface area contributed by atoms with Gasteiger partial charge >= 0.3 is 17.9 Å². The van der Waals surface area contributed by atoms with E-state index in [0.717, 1.165) is 83.5 Å². The molecule has 0 aromatic rings. The molecule has 0 aromatic heterocycles. The highest BCUT2D eigenvalue weighted by molar-refractivity contribution is 5.72. The second kappa shape index (κ2) is 45.6. The molecular formula is C51H86O6. The van der Waals surface area contributed by atoms with Gasteiger partial charge in [0.15, 0.2) is 6.10 Å². The van der Waals surface area contributed by atoms with Crippen LogP contribution >= 0.6 is 0 Å². The molecule has 6 nitrogen and oxygen atoms in total. The molecule has 0 aromatic carbocycles. The molecule has 0 aliphatic rings. The van der Waals surface area contributed by atoms with Gasteiger partial charge in [-0.25, -0.2) is 0 Å². The molecule has 0 amide bonds. The van der Waals surface area contributed by atoms with Crippen molar-refractivity contribution in [2.24, 2.45) is 0 Å². The molecule has 0 spiro atoms. The zero-order chi connectivity index (χ0) is 41.5. The first-order valence-corrected chi connectivity index (χ1v) is 23.4. The lowest BCUT2D eigenvalue weighted by Crippen LogP contribution is -2.30. The van der Waals surface area contributed by atoms with Gasteiger partial charge in [-0.2, -0.15) is 0 Å². The Labute approximate surface area is 351 Å². The smallest absolute Gasteiger partial charge is 0.309 e. The lowest BCUT2D eigenvalue weighted by atomic mass is 10.1. The third kappa shape index (κ3) is 43.8. The van der Waals surface area contributed by atoms with Gasteiger partial charge in [-0.05, 0) is 70.6 Å². The third-order valence-electron chi connectivity index (χ3n) is 9.73. The van der Waals surface area contributed by atoms with E-state index in [-0.39, 0.29) is 31.6 Å². The predicted molar refractivity (Wildman–Crippen MR) is 242 cm³/mol. The van der Waals surface area contributed by atoms with Crippen LogP contribution in [0.4, 0.5) is 0 Å². The number of ether oxygens (including phenoxy) is 3. The Morgan fingerprint density at radius 3 is 1.21 bits per heavy atom. The maximum absolute atomic E-state index is 12.7. The number of unbranched alkanes of at least 4 members (excludes halogenated alkanes) is 19. The van der Waals surface area contributed by atoms with Crippen LogP contribution in [-0.2, 0) is 28.6 Å². The van der Waals surface area contributed by atoms with Gasteiger partial charge in [-0.3, -0.25) is 14.4 Å². The first-order valence-electron chi connectivity index (χ1n) is 23.4. The van der Waals surface area contributed by atoms with Crippen LogP contribution in [0.25, 0.3) is 0 Å². The highest BCUT2D eigenvalue weighted by Gasteiger charge is 2.19. The third-order valence-corrected chi connectivity index (χ3v) is 9.73. The van der Waals surface area contributed by atoms with Gasteiger partial charge in [0.2, 0.25) is 0 Å². The van der Waals surface area contributed by atoms with Crippen LogP contribution in [0, 0.1) is 0 Å². The summed E-state index contributed by atoms with van der Waals surface area (Å²) in [7, 11) is 0. The van der Waals surface area contributed by atoms with E-state index < -0.39 is 12.1 Å². The van der Waals surface area contributed by atoms with Crippen LogP contribution < -0.4 is 0 Å². The summed E-state index contributed by atoms with van der Waals surface area (Å²) >= 11 is 0. The van der Waals surface area contributed by atoms with Crippen LogP contribution in [0.5, 0.6) is 0 Å². The molecule has 1 atom stereocenters. The standard InChI is InChI=1S/C51H86O6/c1-4-7-10-13-16-19-21-23-25-27-29-32-35-38-41-44-50(53)56-47-48(46-55-49(52)43-40-37-34-31-18-15-12-9-6-3)57-51(54)45-42-39-36-33-30-28-26-24-22-20-17-14-11-8-5-2/h7,10,16,19,23-26,29,32,38,41,48H,4-6,8-9,11-15,17-18,20-22,27-28,30-31,33-37,39-40,42-47H2,1-3H3/b10-7-,19-16-,25-23-,26-24-,32-29-,41-38-. The highest BCUT2D eigenvalue weighted by atomic mass is 16.6. The maximum Gasteiger partial charge on any atom is 0.309 e. The minimum Gasteiger partial charge on any atom is -0.462 e. The van der Waals surface area contributed by atoms with Crippen molar-refractivity contribution >= 4 is 17.9 Å². The first-order chi connectivity index (χ1) is 28.0. The Balaban J connectivity index is 4.50. The summed E-state index contributed by atoms with van der Waals surface area (Å²) < 4.78 is 16.6. The zero-order valence-electron chi connectivity index (χ0n) is 37.1. The summed E-state index contributed by atoms with van der Waals surface area (Å²) in [4.78, 5) is 37.7. The number of hydrogen-bond donors (Lipinski definition) is 0. The molecular weight excluding hydrogens is 709 g/mol. The van der Waals surface area contributed by atoms with E-state index in [2.05, 4.69) is 81.5 Å². The van der Waals surface area contributed by atoms with Gasteiger partial charge in [-0.15, -0.1) is 0 Å². The van der Waals surface area contributed by atoms with Crippen molar-refractivity contribution in [1.29, 1.82) is 0 Å². The van der Waals surface area contributed by atoms with E-state index in [4.69, 9.17) is 14.2 Å². The summed E-state index contributed by atoms with van der Waals surface area (Å²) in [6.07, 6.45) is 56.2. The summed E-state index contributed by atoms with van der Waals surface area (Å²) in [5, 5.41) is 0. The van der Waals surface area contributed by atoms with Gasteiger partial charge in [0.25, 0.3) is 0 Å². The van der Waals surface area contributed by atoms with Gasteiger partial charge in [-0.1, -0.05) is 196 Å². The molecule has 57 heavy (non-hydrogen) atoms. The van der Waals surface area contributed by atoms with Crippen LogP contribution in [0.1, 0.15) is 213 Å². The number of esters is 3. The predicted octanol–water partition coefficient (Wildman–Crippen LogP) is 15.1. The van der Waals surface area contributed by atoms with Crippen LogP contribution in [0.15, 0.2) is 72.9 Å². The maximum atomic E-state index is 12.7. The van der Waals surface area contributed by atoms with Gasteiger partial charge in [0.1, 0.15) is 13.2 Å². The van der Waals surface area contributed by atoms with E-state index in [1.807, 2.05) is 6.08 Å². The van der Waals surface area contributed by atoms with Gasteiger partial charge in [0, 0.05) is 12.8 Å². The monoisotopic (exact) mass is 795 g/mol. The van der Waals surface area contributed by atoms with Crippen molar-refractivity contribution in [2.75, 3.05) is 13.2 Å². The van der Waals surface area contributed by atoms with E-state index in [9.17, 15) is 14.4 Å². The number of rotatable bonds is 41. The van der Waals surface area contributed by atoms with Gasteiger partial charge < -0.3 is 14.2 Å². The van der Waals surface area contributed by atoms with E-state index in [0.29, 0.717) is 12.8 Å². The molecule has 0 heterocycles. The van der Waals surface area contributed by atoms with Crippen molar-refractivity contribution in [1.82, 2.24) is 0 Å². The second-order valence-corrected chi connectivity index (χ2v) is 15.3. The number of carbonyl (C=O) groups is 3. The summed E-state index contributed by atoms with van der Waals surface area (Å²) in [5.74, 6) is -1.06. The average molecular weight is 795 g/mol. The molecule has 0 saturated carbocycles. The molecule has 0 N–H and O–H groups in total. The second-order valence-electron chi connectivity index (χ2n) is 15.3. The Morgan fingerprint density at radius 1 is 0.386 bits per heavy atom. The zero-order valence-corrected chi connectivity index (χ0v) is 37.1.